The van der Waals surface area contributed by atoms with Crippen LogP contribution in [0, 0.1) is 0 Å². The summed E-state index contributed by atoms with van der Waals surface area (Å²) in [6.07, 6.45) is 0. The maximum absolute atomic E-state index is 3.49. The third-order valence-electron chi connectivity index (χ3n) is 0.362. The second-order valence-electron chi connectivity index (χ2n) is 0.701. The smallest absolute Gasteiger partial charge is 0 e. The normalized spacial score (nSPS) is 14.7. The zero-order chi connectivity index (χ0) is 3.54. The molecule has 1 aliphatic heterocycles. The second kappa shape index (κ2) is 5.40. The average Bonchev–Trinajstić information content (AvgIpc) is 1.76. The molecule has 0 aliphatic carbocycles. The molecule has 0 fully saturated rings. The van der Waals surface area contributed by atoms with Gasteiger partial charge in [0.05, 0.1) is 0 Å². The summed E-state index contributed by atoms with van der Waals surface area (Å²) in [5.41, 5.74) is 0. The standard InChI is InChI=1S/C2H2.C.2Bi.Zr.H/c1-2;;;;;/h1-2H;;;;;/q;-1;;;;. The summed E-state index contributed by atoms with van der Waals surface area (Å²) in [7, 11) is 0. The van der Waals surface area contributed by atoms with Crippen molar-refractivity contribution in [1.82, 2.24) is 0 Å². The van der Waals surface area contributed by atoms with Crippen LogP contribution in [0.3, 0.4) is 0 Å². The van der Waals surface area contributed by atoms with Gasteiger partial charge in [-0.25, -0.2) is 0 Å². The van der Waals surface area contributed by atoms with Crippen LogP contribution in [0.5, 0.6) is 0 Å². The SMILES string of the molecule is [C-]1=[Bi][CH]=[CH][BiH]1.[Zr]. The van der Waals surface area contributed by atoms with Crippen LogP contribution in [0.4, 0.5) is 0 Å². The van der Waals surface area contributed by atoms with Crippen molar-refractivity contribution in [2.75, 3.05) is 0 Å². The van der Waals surface area contributed by atoms with Gasteiger partial charge in [-0.2, -0.15) is 0 Å². The predicted octanol–water partition coefficient (Wildman–Crippen LogP) is -0.754. The quantitative estimate of drug-likeness (QED) is 0.276. The maximum Gasteiger partial charge on any atom is 0 e. The first kappa shape index (κ1) is 8.26. The molecule has 0 saturated heterocycles. The molecular formula is C3H3Bi2Zr-. The Morgan fingerprint density at radius 3 is 2.67 bits per heavy atom. The Bertz CT molecular complexity index is 66.9. The summed E-state index contributed by atoms with van der Waals surface area (Å²) in [5.74, 6) is 0. The van der Waals surface area contributed by atoms with Gasteiger partial charge in [-0.3, -0.25) is 0 Å². The van der Waals surface area contributed by atoms with Crippen molar-refractivity contribution >= 4 is 47.4 Å². The van der Waals surface area contributed by atoms with Crippen LogP contribution in [-0.2, 0) is 26.2 Å². The Kier molecular flexibility index (Phi) is 7.43. The minimum atomic E-state index is -0.190. The van der Waals surface area contributed by atoms with E-state index < -0.39 is 0 Å². The Morgan fingerprint density at radius 1 is 1.67 bits per heavy atom. The Morgan fingerprint density at radius 2 is 2.50 bits per heavy atom. The minimum Gasteiger partial charge on any atom is 0 e. The molecular weight excluding hydrogens is 545 g/mol. The van der Waals surface area contributed by atoms with E-state index in [1.54, 1.807) is 0 Å². The largest absolute Gasteiger partial charge is 0 e. The molecule has 0 saturated carbocycles. The number of hydrogen-bond acceptors (Lipinski definition) is 0. The molecule has 0 bridgehead atoms. The van der Waals surface area contributed by atoms with Gasteiger partial charge in [0.1, 0.15) is 0 Å². The topological polar surface area (TPSA) is 0 Å². The van der Waals surface area contributed by atoms with E-state index in [2.05, 4.69) is 8.98 Å². The van der Waals surface area contributed by atoms with Crippen LogP contribution in [-0.4, -0.2) is 47.4 Å². The molecule has 1 rings (SSSR count). The summed E-state index contributed by atoms with van der Waals surface area (Å²) in [6, 6.07) is 0. The molecule has 0 amide bonds. The molecule has 0 N–H and O–H groups in total. The third-order valence-corrected chi connectivity index (χ3v) is 17.1. The van der Waals surface area contributed by atoms with Gasteiger partial charge in [0.25, 0.3) is 0 Å². The van der Waals surface area contributed by atoms with Crippen LogP contribution < -0.4 is 0 Å². The summed E-state index contributed by atoms with van der Waals surface area (Å²) in [6.45, 7) is 0. The predicted molar refractivity (Wildman–Crippen MR) is 27.0 cm³/mol. The first-order valence-corrected chi connectivity index (χ1v) is 9.29. The first-order chi connectivity index (χ1) is 2.50. The van der Waals surface area contributed by atoms with Gasteiger partial charge in [0, 0.05) is 26.2 Å². The van der Waals surface area contributed by atoms with E-state index in [1.165, 1.54) is 0 Å². The first-order valence-electron chi connectivity index (χ1n) is 1.35. The molecule has 0 radical (unpaired) electrons. The van der Waals surface area contributed by atoms with Crippen molar-refractivity contribution < 1.29 is 26.2 Å². The fraction of sp³-hybridized carbons (Fsp3) is 0. The zero-order valence-electron chi connectivity index (χ0n) is 3.10. The molecule has 0 nitrogen and oxygen atoms in total. The van der Waals surface area contributed by atoms with Crippen LogP contribution in [0.15, 0.2) is 7.57 Å². The van der Waals surface area contributed by atoms with E-state index in [-0.39, 0.29) is 72.2 Å². The fourth-order valence-electron chi connectivity index (χ4n) is 0.186. The van der Waals surface area contributed by atoms with E-state index in [0.717, 1.165) is 0 Å². The fourth-order valence-corrected chi connectivity index (χ4v) is 14.3. The van der Waals surface area contributed by atoms with E-state index in [0.29, 0.717) is 0 Å². The second-order valence-corrected chi connectivity index (χ2v) is 13.8. The molecule has 6 heavy (non-hydrogen) atoms. The summed E-state index contributed by atoms with van der Waals surface area (Å²) in [5, 5.41) is 0. The van der Waals surface area contributed by atoms with Gasteiger partial charge in [0.2, 0.25) is 0 Å². The molecule has 0 atom stereocenters. The van der Waals surface area contributed by atoms with E-state index in [9.17, 15) is 0 Å². The van der Waals surface area contributed by atoms with Gasteiger partial charge >= 0.3 is 55.0 Å². The zero-order valence-corrected chi connectivity index (χ0v) is 12.9. The minimum absolute atomic E-state index is 0. The number of rotatable bonds is 0. The van der Waals surface area contributed by atoms with Crippen LogP contribution in [0.1, 0.15) is 0 Å². The molecule has 1 heterocycles. The van der Waals surface area contributed by atoms with Crippen LogP contribution in [0.2, 0.25) is 0 Å². The monoisotopic (exact) mass is 547 g/mol. The Labute approximate surface area is 79.5 Å². The summed E-state index contributed by atoms with van der Waals surface area (Å²) in [4.78, 5) is 0. The van der Waals surface area contributed by atoms with Gasteiger partial charge in [-0.1, -0.05) is 0 Å². The van der Waals surface area contributed by atoms with Crippen molar-refractivity contribution in [1.29, 1.82) is 0 Å². The van der Waals surface area contributed by atoms with Gasteiger partial charge in [-0.05, 0) is 0 Å². The summed E-state index contributed by atoms with van der Waals surface area (Å²) >= 11 is -0.278. The van der Waals surface area contributed by atoms with E-state index in [4.69, 9.17) is 0 Å². The van der Waals surface area contributed by atoms with Gasteiger partial charge in [0.15, 0.2) is 0 Å². The van der Waals surface area contributed by atoms with Crippen molar-refractivity contribution in [3.05, 3.63) is 7.57 Å². The molecule has 0 aromatic rings. The molecule has 0 aromatic carbocycles. The van der Waals surface area contributed by atoms with Gasteiger partial charge in [-0.15, -0.1) is 0 Å². The third kappa shape index (κ3) is 3.29. The van der Waals surface area contributed by atoms with Crippen molar-refractivity contribution in [3.63, 3.8) is 0 Å². The Balaban J connectivity index is 0.000000250. The average molecular weight is 548 g/mol. The van der Waals surface area contributed by atoms with Crippen molar-refractivity contribution in [2.45, 2.75) is 0 Å². The van der Waals surface area contributed by atoms with Crippen molar-refractivity contribution in [3.8, 4) is 0 Å². The summed E-state index contributed by atoms with van der Waals surface area (Å²) < 4.78 is 8.28. The molecule has 0 unspecified atom stereocenters. The van der Waals surface area contributed by atoms with E-state index in [1.807, 2.05) is 0 Å². The molecule has 0 aromatic heterocycles. The van der Waals surface area contributed by atoms with Crippen LogP contribution >= 0.6 is 0 Å². The maximum atomic E-state index is 3.49. The Hall–Kier alpha value is 2.26. The van der Waals surface area contributed by atoms with Gasteiger partial charge < -0.3 is 0 Å². The molecule has 1 aliphatic rings. The van der Waals surface area contributed by atoms with E-state index >= 15 is 0 Å². The molecule has 0 spiro atoms. The van der Waals surface area contributed by atoms with Crippen LogP contribution in [0.25, 0.3) is 0 Å². The number of hydrogen-bond donors (Lipinski definition) is 0. The van der Waals surface area contributed by atoms with Crippen molar-refractivity contribution in [2.24, 2.45) is 0 Å². The molecule has 3 heteroatoms. The molecule has 30 valence electrons.